The summed E-state index contributed by atoms with van der Waals surface area (Å²) in [6.45, 7) is 0. The molecule has 0 amide bonds. The van der Waals surface area contributed by atoms with Crippen LogP contribution >= 0.6 is 0 Å². The molecule has 0 heterocycles. The van der Waals surface area contributed by atoms with Crippen LogP contribution in [0.4, 0.5) is 11.4 Å². The van der Waals surface area contributed by atoms with E-state index in [2.05, 4.69) is 5.32 Å². The van der Waals surface area contributed by atoms with Crippen LogP contribution in [-0.4, -0.2) is 19.3 Å². The Hall–Kier alpha value is -2.44. The Morgan fingerprint density at radius 3 is 2.48 bits per heavy atom. The van der Waals surface area contributed by atoms with E-state index in [1.54, 1.807) is 24.3 Å². The summed E-state index contributed by atoms with van der Waals surface area (Å²) in [5.74, 6) is 0. The van der Waals surface area contributed by atoms with Crippen molar-refractivity contribution < 1.29 is 17.8 Å². The van der Waals surface area contributed by atoms with Crippen LogP contribution in [0.5, 0.6) is 0 Å². The van der Waals surface area contributed by atoms with Gasteiger partial charge in [0.05, 0.1) is 0 Å². The highest BCUT2D eigenvalue weighted by molar-refractivity contribution is 7.87. The Labute approximate surface area is 134 Å². The second-order valence-corrected chi connectivity index (χ2v) is 6.95. The fourth-order valence-corrected chi connectivity index (χ4v) is 3.72. The second-order valence-electron chi connectivity index (χ2n) is 5.32. The molecule has 1 atom stereocenters. The number of nitrogens with one attached hydrogen (secondary N) is 1. The van der Waals surface area contributed by atoms with Gasteiger partial charge in [-0.05, 0) is 30.2 Å². The van der Waals surface area contributed by atoms with Crippen molar-refractivity contribution in [3.8, 4) is 0 Å². The zero-order valence-corrected chi connectivity index (χ0v) is 13.0. The molecule has 0 spiro atoms. The van der Waals surface area contributed by atoms with Gasteiger partial charge >= 0.3 is 0 Å². The predicted molar refractivity (Wildman–Crippen MR) is 88.3 cm³/mol. The van der Waals surface area contributed by atoms with Crippen molar-refractivity contribution in [2.24, 2.45) is 0 Å². The van der Waals surface area contributed by atoms with Crippen LogP contribution in [0.15, 0.2) is 60.7 Å². The van der Waals surface area contributed by atoms with Gasteiger partial charge in [0.1, 0.15) is 0 Å². The number of hydrogen-bond donors (Lipinski definition) is 2. The molecule has 0 bridgehead atoms. The third-order valence-electron chi connectivity index (χ3n) is 3.90. The third kappa shape index (κ3) is 2.56. The van der Waals surface area contributed by atoms with Crippen molar-refractivity contribution in [2.45, 2.75) is 11.2 Å². The van der Waals surface area contributed by atoms with Crippen molar-refractivity contribution >= 4 is 27.8 Å². The van der Waals surface area contributed by atoms with Crippen molar-refractivity contribution in [1.82, 2.24) is 0 Å². The lowest BCUT2D eigenvalue weighted by molar-refractivity contribution is -0.109. The lowest BCUT2D eigenvalue weighted by atomic mass is 9.86. The largest absolute Gasteiger partial charge is 0.355 e. The van der Waals surface area contributed by atoms with Gasteiger partial charge in [-0.3, -0.25) is 4.55 Å². The molecule has 2 N–H and O–H groups in total. The standard InChI is InChI=1S/C17H15NO4S/c19-12-17(23(20,21)22)11-5-7-13-6-4-10-15(16(13)17)18-14-8-2-1-3-9-14/h1-6,8-12,18H,7H2,(H,20,21,22). The van der Waals surface area contributed by atoms with E-state index in [9.17, 15) is 17.8 Å². The molecule has 0 radical (unpaired) electrons. The number of rotatable bonds is 4. The first-order valence-electron chi connectivity index (χ1n) is 7.03. The van der Waals surface area contributed by atoms with Crippen molar-refractivity contribution in [3.63, 3.8) is 0 Å². The highest BCUT2D eigenvalue weighted by Crippen LogP contribution is 2.41. The summed E-state index contributed by atoms with van der Waals surface area (Å²) in [7, 11) is -4.66. The second kappa shape index (κ2) is 5.64. The summed E-state index contributed by atoms with van der Waals surface area (Å²) in [6, 6.07) is 14.4. The molecular formula is C17H15NO4S. The summed E-state index contributed by atoms with van der Waals surface area (Å²) in [6.07, 6.45) is 3.59. The fraction of sp³-hybridized carbons (Fsp3) is 0.118. The molecule has 5 nitrogen and oxygen atoms in total. The molecule has 118 valence electrons. The van der Waals surface area contributed by atoms with E-state index in [0.29, 0.717) is 17.7 Å². The first-order chi connectivity index (χ1) is 11.0. The first kappa shape index (κ1) is 15.5. The number of hydrogen-bond acceptors (Lipinski definition) is 4. The average Bonchev–Trinajstić information content (AvgIpc) is 2.54. The van der Waals surface area contributed by atoms with E-state index >= 15 is 0 Å². The van der Waals surface area contributed by atoms with Crippen LogP contribution < -0.4 is 5.32 Å². The summed E-state index contributed by atoms with van der Waals surface area (Å²) < 4.78 is 31.5. The minimum atomic E-state index is -4.66. The molecule has 0 saturated heterocycles. The minimum Gasteiger partial charge on any atom is -0.355 e. The zero-order valence-electron chi connectivity index (χ0n) is 12.1. The number of anilines is 2. The normalized spacial score (nSPS) is 19.9. The fourth-order valence-electron chi connectivity index (χ4n) is 2.83. The van der Waals surface area contributed by atoms with Crippen LogP contribution in [-0.2, 0) is 26.1 Å². The number of benzene rings is 2. The van der Waals surface area contributed by atoms with Gasteiger partial charge in [0, 0.05) is 16.9 Å². The summed E-state index contributed by atoms with van der Waals surface area (Å²) in [5, 5.41) is 3.12. The molecule has 1 unspecified atom stereocenters. The topological polar surface area (TPSA) is 83.5 Å². The molecule has 23 heavy (non-hydrogen) atoms. The molecule has 1 aliphatic rings. The number of carbonyl (C=O) groups excluding carboxylic acids is 1. The summed E-state index contributed by atoms with van der Waals surface area (Å²) in [5.41, 5.74) is 2.18. The van der Waals surface area contributed by atoms with Gasteiger partial charge < -0.3 is 10.1 Å². The highest BCUT2D eigenvalue weighted by Gasteiger charge is 2.47. The van der Waals surface area contributed by atoms with Crippen LogP contribution in [0.3, 0.4) is 0 Å². The third-order valence-corrected chi connectivity index (χ3v) is 5.19. The maximum atomic E-state index is 12.0. The molecule has 2 aromatic rings. The van der Waals surface area contributed by atoms with Gasteiger partial charge in [-0.15, -0.1) is 0 Å². The Morgan fingerprint density at radius 2 is 1.83 bits per heavy atom. The van der Waals surface area contributed by atoms with Crippen LogP contribution in [0.1, 0.15) is 11.1 Å². The number of allylic oxidation sites excluding steroid dienone is 1. The lowest BCUT2D eigenvalue weighted by Crippen LogP contribution is -2.38. The van der Waals surface area contributed by atoms with Crippen LogP contribution in [0.2, 0.25) is 0 Å². The molecular weight excluding hydrogens is 314 g/mol. The van der Waals surface area contributed by atoms with Gasteiger partial charge in [-0.2, -0.15) is 8.42 Å². The lowest BCUT2D eigenvalue weighted by Gasteiger charge is -2.30. The van der Waals surface area contributed by atoms with E-state index in [1.165, 1.54) is 6.08 Å². The monoisotopic (exact) mass is 329 g/mol. The van der Waals surface area contributed by atoms with E-state index in [1.807, 2.05) is 30.3 Å². The molecule has 1 aliphatic carbocycles. The molecule has 0 aromatic heterocycles. The predicted octanol–water partition coefficient (Wildman–Crippen LogP) is 2.82. The van der Waals surface area contributed by atoms with E-state index < -0.39 is 14.9 Å². The quantitative estimate of drug-likeness (QED) is 0.512. The maximum Gasteiger partial charge on any atom is 0.285 e. The molecule has 0 aliphatic heterocycles. The average molecular weight is 329 g/mol. The van der Waals surface area contributed by atoms with E-state index in [0.717, 1.165) is 5.69 Å². The minimum absolute atomic E-state index is 0.267. The molecule has 0 fully saturated rings. The van der Waals surface area contributed by atoms with Crippen molar-refractivity contribution in [3.05, 3.63) is 71.8 Å². The first-order valence-corrected chi connectivity index (χ1v) is 8.47. The number of aldehydes is 1. The SMILES string of the molecule is O=CC1(S(=O)(=O)O)C=CCc2cccc(Nc3ccccc3)c21. The number of carbonyl (C=O) groups is 1. The van der Waals surface area contributed by atoms with Crippen molar-refractivity contribution in [2.75, 3.05) is 5.32 Å². The number of fused-ring (bicyclic) bond motifs is 1. The Morgan fingerprint density at radius 1 is 1.09 bits per heavy atom. The van der Waals surface area contributed by atoms with Crippen LogP contribution in [0, 0.1) is 0 Å². The van der Waals surface area contributed by atoms with Crippen molar-refractivity contribution in [1.29, 1.82) is 0 Å². The maximum absolute atomic E-state index is 12.0. The highest BCUT2D eigenvalue weighted by atomic mass is 32.2. The number of para-hydroxylation sites is 1. The molecule has 3 rings (SSSR count). The van der Waals surface area contributed by atoms with Gasteiger partial charge in [-0.25, -0.2) is 0 Å². The summed E-state index contributed by atoms with van der Waals surface area (Å²) in [4.78, 5) is 11.7. The molecule has 0 saturated carbocycles. The zero-order chi connectivity index (χ0) is 16.5. The summed E-state index contributed by atoms with van der Waals surface area (Å²) >= 11 is 0. The smallest absolute Gasteiger partial charge is 0.285 e. The molecule has 2 aromatic carbocycles. The molecule has 6 heteroatoms. The Balaban J connectivity index is 2.22. The van der Waals surface area contributed by atoms with Gasteiger partial charge in [-0.1, -0.05) is 42.5 Å². The van der Waals surface area contributed by atoms with E-state index in [4.69, 9.17) is 0 Å². The van der Waals surface area contributed by atoms with Gasteiger partial charge in [0.2, 0.25) is 0 Å². The van der Waals surface area contributed by atoms with E-state index in [-0.39, 0.29) is 11.8 Å². The Bertz CT molecular complexity index is 875. The van der Waals surface area contributed by atoms with Crippen LogP contribution in [0.25, 0.3) is 0 Å². The van der Waals surface area contributed by atoms with Gasteiger partial charge in [0.25, 0.3) is 10.1 Å². The Kier molecular flexibility index (Phi) is 3.79. The van der Waals surface area contributed by atoms with Gasteiger partial charge in [0.15, 0.2) is 11.0 Å².